The lowest BCUT2D eigenvalue weighted by Crippen LogP contribution is -2.13. The van der Waals surface area contributed by atoms with Crippen molar-refractivity contribution in [3.05, 3.63) is 30.3 Å². The summed E-state index contributed by atoms with van der Waals surface area (Å²) in [7, 11) is 1.79. The molecule has 0 saturated heterocycles. The fraction of sp³-hybridized carbons (Fsp3) is 0.250. The SMILES string of the molecule is Cn1ncnc1SCCC(=O)Nc1ccc(F)cc1N. The zero-order chi connectivity index (χ0) is 14.5. The van der Waals surface area contributed by atoms with Crippen LogP contribution in [0.15, 0.2) is 29.7 Å². The zero-order valence-corrected chi connectivity index (χ0v) is 11.7. The maximum atomic E-state index is 12.9. The molecule has 0 radical (unpaired) electrons. The van der Waals surface area contributed by atoms with Crippen LogP contribution in [0.2, 0.25) is 0 Å². The maximum absolute atomic E-state index is 12.9. The van der Waals surface area contributed by atoms with E-state index in [2.05, 4.69) is 15.4 Å². The molecule has 2 aromatic rings. The number of aromatic nitrogens is 3. The highest BCUT2D eigenvalue weighted by Crippen LogP contribution is 2.20. The first-order valence-corrected chi connectivity index (χ1v) is 6.86. The number of amides is 1. The van der Waals surface area contributed by atoms with Gasteiger partial charge in [0.25, 0.3) is 0 Å². The first-order chi connectivity index (χ1) is 9.56. The molecule has 1 aromatic heterocycles. The fourth-order valence-electron chi connectivity index (χ4n) is 1.51. The van der Waals surface area contributed by atoms with Gasteiger partial charge in [-0.25, -0.2) is 14.1 Å². The van der Waals surface area contributed by atoms with E-state index in [1.165, 1.54) is 36.3 Å². The van der Waals surface area contributed by atoms with Gasteiger partial charge in [-0.2, -0.15) is 5.10 Å². The van der Waals surface area contributed by atoms with Crippen LogP contribution >= 0.6 is 11.8 Å². The second kappa shape index (κ2) is 6.38. The average molecular weight is 295 g/mol. The van der Waals surface area contributed by atoms with Crippen LogP contribution < -0.4 is 11.1 Å². The van der Waals surface area contributed by atoms with Crippen molar-refractivity contribution in [1.82, 2.24) is 14.8 Å². The van der Waals surface area contributed by atoms with Crippen molar-refractivity contribution >= 4 is 29.0 Å². The van der Waals surface area contributed by atoms with Gasteiger partial charge in [0.15, 0.2) is 5.16 Å². The number of thioether (sulfide) groups is 1. The van der Waals surface area contributed by atoms with Crippen LogP contribution in [0, 0.1) is 5.82 Å². The predicted octanol–water partition coefficient (Wildman–Crippen LogP) is 1.66. The van der Waals surface area contributed by atoms with Gasteiger partial charge < -0.3 is 11.1 Å². The summed E-state index contributed by atoms with van der Waals surface area (Å²) in [6, 6.07) is 3.86. The summed E-state index contributed by atoms with van der Waals surface area (Å²) in [5.74, 6) is -0.0456. The fourth-order valence-corrected chi connectivity index (χ4v) is 2.34. The van der Waals surface area contributed by atoms with Gasteiger partial charge in [-0.05, 0) is 18.2 Å². The number of carbonyl (C=O) groups is 1. The summed E-state index contributed by atoms with van der Waals surface area (Å²) in [6.07, 6.45) is 1.76. The Morgan fingerprint density at radius 3 is 3.00 bits per heavy atom. The van der Waals surface area contributed by atoms with Gasteiger partial charge in [-0.3, -0.25) is 4.79 Å². The number of hydrogen-bond acceptors (Lipinski definition) is 5. The summed E-state index contributed by atoms with van der Waals surface area (Å²) in [6.45, 7) is 0. The highest BCUT2D eigenvalue weighted by Gasteiger charge is 2.08. The van der Waals surface area contributed by atoms with Crippen LogP contribution in [0.5, 0.6) is 0 Å². The monoisotopic (exact) mass is 295 g/mol. The Morgan fingerprint density at radius 1 is 1.55 bits per heavy atom. The normalized spacial score (nSPS) is 10.5. The lowest BCUT2D eigenvalue weighted by molar-refractivity contribution is -0.115. The number of benzene rings is 1. The molecule has 0 spiro atoms. The molecular formula is C12H14FN5OS. The highest BCUT2D eigenvalue weighted by atomic mass is 32.2. The molecule has 106 valence electrons. The standard InChI is InChI=1S/C12H14FN5OS/c1-18-12(15-7-16-18)20-5-4-11(19)17-10-3-2-8(13)6-9(10)14/h2-3,6-7H,4-5,14H2,1H3,(H,17,19). The number of rotatable bonds is 5. The topological polar surface area (TPSA) is 85.8 Å². The molecule has 0 aliphatic rings. The Hall–Kier alpha value is -2.09. The van der Waals surface area contributed by atoms with Gasteiger partial charge in [-0.15, -0.1) is 0 Å². The van der Waals surface area contributed by atoms with Crippen LogP contribution in [-0.4, -0.2) is 26.4 Å². The number of nitrogens with zero attached hydrogens (tertiary/aromatic N) is 3. The molecule has 0 bridgehead atoms. The van der Waals surface area contributed by atoms with Crippen molar-refractivity contribution in [3.8, 4) is 0 Å². The highest BCUT2D eigenvalue weighted by molar-refractivity contribution is 7.99. The lowest BCUT2D eigenvalue weighted by Gasteiger charge is -2.07. The Bertz CT molecular complexity index is 616. The molecule has 2 rings (SSSR count). The van der Waals surface area contributed by atoms with Gasteiger partial charge in [0.2, 0.25) is 5.91 Å². The summed E-state index contributed by atoms with van der Waals surface area (Å²) < 4.78 is 14.5. The number of anilines is 2. The van der Waals surface area contributed by atoms with E-state index in [9.17, 15) is 9.18 Å². The van der Waals surface area contributed by atoms with Crippen LogP contribution in [0.4, 0.5) is 15.8 Å². The van der Waals surface area contributed by atoms with E-state index in [1.54, 1.807) is 11.7 Å². The van der Waals surface area contributed by atoms with E-state index >= 15 is 0 Å². The second-order valence-electron chi connectivity index (χ2n) is 4.04. The predicted molar refractivity (Wildman–Crippen MR) is 75.8 cm³/mol. The third-order valence-electron chi connectivity index (χ3n) is 2.52. The summed E-state index contributed by atoms with van der Waals surface area (Å²) >= 11 is 1.44. The third-order valence-corrected chi connectivity index (χ3v) is 3.55. The first kappa shape index (κ1) is 14.3. The number of nitrogen functional groups attached to an aromatic ring is 1. The lowest BCUT2D eigenvalue weighted by atomic mass is 10.2. The van der Waals surface area contributed by atoms with Crippen LogP contribution in [0.25, 0.3) is 0 Å². The van der Waals surface area contributed by atoms with E-state index in [1.807, 2.05) is 0 Å². The summed E-state index contributed by atoms with van der Waals surface area (Å²) in [5.41, 5.74) is 6.24. The number of aryl methyl sites for hydroxylation is 1. The van der Waals surface area contributed by atoms with Crippen molar-refractivity contribution in [1.29, 1.82) is 0 Å². The number of hydrogen-bond donors (Lipinski definition) is 2. The number of carbonyl (C=O) groups excluding carboxylic acids is 1. The van der Waals surface area contributed by atoms with Crippen molar-refractivity contribution in [2.75, 3.05) is 16.8 Å². The summed E-state index contributed by atoms with van der Waals surface area (Å²) in [5, 5.41) is 7.33. The zero-order valence-electron chi connectivity index (χ0n) is 10.8. The van der Waals surface area contributed by atoms with Crippen molar-refractivity contribution in [2.24, 2.45) is 7.05 Å². The molecular weight excluding hydrogens is 281 g/mol. The molecule has 1 heterocycles. The van der Waals surface area contributed by atoms with E-state index < -0.39 is 5.82 Å². The average Bonchev–Trinajstić information content (AvgIpc) is 2.79. The largest absolute Gasteiger partial charge is 0.397 e. The minimum atomic E-state index is -0.432. The van der Waals surface area contributed by atoms with Crippen molar-refractivity contribution in [2.45, 2.75) is 11.6 Å². The Morgan fingerprint density at radius 2 is 2.35 bits per heavy atom. The first-order valence-electron chi connectivity index (χ1n) is 5.88. The van der Waals surface area contributed by atoms with Gasteiger partial charge in [0.05, 0.1) is 11.4 Å². The summed E-state index contributed by atoms with van der Waals surface area (Å²) in [4.78, 5) is 15.8. The minimum Gasteiger partial charge on any atom is -0.397 e. The van der Waals surface area contributed by atoms with Crippen molar-refractivity contribution in [3.63, 3.8) is 0 Å². The van der Waals surface area contributed by atoms with Crippen LogP contribution in [-0.2, 0) is 11.8 Å². The number of nitrogens with one attached hydrogen (secondary N) is 1. The van der Waals surface area contributed by atoms with E-state index in [0.717, 1.165) is 5.16 Å². The second-order valence-corrected chi connectivity index (χ2v) is 5.11. The molecule has 1 amide bonds. The molecule has 0 aliphatic carbocycles. The Balaban J connectivity index is 1.82. The van der Waals surface area contributed by atoms with Crippen LogP contribution in [0.1, 0.15) is 6.42 Å². The molecule has 0 unspecified atom stereocenters. The van der Waals surface area contributed by atoms with E-state index in [4.69, 9.17) is 5.73 Å². The Labute approximate surface area is 119 Å². The molecule has 0 aliphatic heterocycles. The number of nitrogens with two attached hydrogens (primary N) is 1. The molecule has 6 nitrogen and oxygen atoms in total. The molecule has 0 atom stereocenters. The van der Waals surface area contributed by atoms with Gasteiger partial charge in [0.1, 0.15) is 12.1 Å². The minimum absolute atomic E-state index is 0.182. The van der Waals surface area contributed by atoms with E-state index in [0.29, 0.717) is 17.9 Å². The van der Waals surface area contributed by atoms with Gasteiger partial charge in [-0.1, -0.05) is 11.8 Å². The molecule has 1 aromatic carbocycles. The molecule has 8 heteroatoms. The molecule has 20 heavy (non-hydrogen) atoms. The van der Waals surface area contributed by atoms with Crippen molar-refractivity contribution < 1.29 is 9.18 Å². The molecule has 3 N–H and O–H groups in total. The molecule has 0 saturated carbocycles. The number of halogens is 1. The Kier molecular flexibility index (Phi) is 4.57. The maximum Gasteiger partial charge on any atom is 0.225 e. The quantitative estimate of drug-likeness (QED) is 0.647. The third kappa shape index (κ3) is 3.70. The smallest absolute Gasteiger partial charge is 0.225 e. The van der Waals surface area contributed by atoms with Crippen LogP contribution in [0.3, 0.4) is 0 Å². The van der Waals surface area contributed by atoms with Gasteiger partial charge in [0, 0.05) is 19.2 Å². The van der Waals surface area contributed by atoms with Gasteiger partial charge >= 0.3 is 0 Å². The molecule has 0 fully saturated rings. The van der Waals surface area contributed by atoms with E-state index in [-0.39, 0.29) is 11.6 Å².